The summed E-state index contributed by atoms with van der Waals surface area (Å²) in [6.45, 7) is 0. The van der Waals surface area contributed by atoms with Crippen molar-refractivity contribution < 1.29 is 22.4 Å². The van der Waals surface area contributed by atoms with Crippen LogP contribution in [0.15, 0.2) is 30.5 Å². The number of nitrogens with zero attached hydrogens (tertiary/aromatic N) is 2. The molecule has 4 nitrogen and oxygen atoms in total. The van der Waals surface area contributed by atoms with Crippen LogP contribution >= 0.6 is 23.4 Å². The first-order chi connectivity index (χ1) is 15.6. The van der Waals surface area contributed by atoms with Crippen molar-refractivity contribution in [1.82, 2.24) is 9.88 Å². The predicted octanol–water partition coefficient (Wildman–Crippen LogP) is 5.66. The number of hydrogen-bond donors (Lipinski definition) is 1. The van der Waals surface area contributed by atoms with E-state index in [0.29, 0.717) is 42.0 Å². The number of halogens is 5. The fraction of sp³-hybridized carbons (Fsp3) is 0.478. The lowest BCUT2D eigenvalue weighted by molar-refractivity contribution is -0.191. The van der Waals surface area contributed by atoms with E-state index in [-0.39, 0.29) is 17.6 Å². The van der Waals surface area contributed by atoms with Crippen molar-refractivity contribution in [3.05, 3.63) is 58.1 Å². The molecule has 2 atom stereocenters. The zero-order valence-electron chi connectivity index (χ0n) is 18.0. The highest BCUT2D eigenvalue weighted by molar-refractivity contribution is 7.99. The van der Waals surface area contributed by atoms with Gasteiger partial charge in [-0.15, -0.1) is 0 Å². The molecule has 2 aliphatic rings. The Bertz CT molecular complexity index is 981. The topological polar surface area (TPSA) is 45.2 Å². The maximum atomic E-state index is 14.1. The van der Waals surface area contributed by atoms with E-state index in [1.807, 2.05) is 0 Å². The number of rotatable bonds is 5. The highest BCUT2D eigenvalue weighted by Crippen LogP contribution is 2.38. The van der Waals surface area contributed by atoms with Crippen LogP contribution in [0, 0.1) is 11.7 Å². The highest BCUT2D eigenvalue weighted by Gasteiger charge is 2.47. The number of alkyl halides is 3. The van der Waals surface area contributed by atoms with E-state index < -0.39 is 24.0 Å². The van der Waals surface area contributed by atoms with Crippen LogP contribution in [0.5, 0.6) is 0 Å². The van der Waals surface area contributed by atoms with Gasteiger partial charge in [0.25, 0.3) is 0 Å². The summed E-state index contributed by atoms with van der Waals surface area (Å²) < 4.78 is 55.9. The third kappa shape index (κ3) is 5.24. The van der Waals surface area contributed by atoms with Gasteiger partial charge < -0.3 is 10.2 Å². The number of carbonyl (C=O) groups is 1. The average Bonchev–Trinajstić information content (AvgIpc) is 3.22. The normalized spacial score (nSPS) is 19.8. The van der Waals surface area contributed by atoms with Crippen LogP contribution in [-0.4, -0.2) is 46.6 Å². The van der Waals surface area contributed by atoms with Gasteiger partial charge in [0.2, 0.25) is 5.91 Å². The molecular weight excluding hydrogens is 478 g/mol. The fourth-order valence-electron chi connectivity index (χ4n) is 4.58. The Morgan fingerprint density at radius 1 is 1.18 bits per heavy atom. The van der Waals surface area contributed by atoms with Crippen LogP contribution in [0.2, 0.25) is 5.02 Å². The first-order valence-corrected chi connectivity index (χ1v) is 12.3. The summed E-state index contributed by atoms with van der Waals surface area (Å²) in [6.07, 6.45) is -1.23. The molecule has 4 rings (SSSR count). The molecule has 1 saturated heterocycles. The van der Waals surface area contributed by atoms with E-state index in [4.69, 9.17) is 11.6 Å². The molecule has 178 valence electrons. The summed E-state index contributed by atoms with van der Waals surface area (Å²) in [5.41, 5.74) is 1.59. The maximum Gasteiger partial charge on any atom is 0.414 e. The smallest absolute Gasteiger partial charge is 0.380 e. The lowest BCUT2D eigenvalue weighted by Gasteiger charge is -2.33. The fourth-order valence-corrected chi connectivity index (χ4v) is 5.94. The van der Waals surface area contributed by atoms with Crippen LogP contribution in [0.3, 0.4) is 0 Å². The second kappa shape index (κ2) is 9.70. The van der Waals surface area contributed by atoms with E-state index in [2.05, 4.69) is 10.3 Å². The van der Waals surface area contributed by atoms with Gasteiger partial charge in [0.05, 0.1) is 17.6 Å². The van der Waals surface area contributed by atoms with Crippen LogP contribution < -0.4 is 5.32 Å². The number of anilines is 1. The minimum atomic E-state index is -4.66. The van der Waals surface area contributed by atoms with Crippen LogP contribution in [0.1, 0.15) is 35.7 Å². The van der Waals surface area contributed by atoms with Crippen molar-refractivity contribution in [3.8, 4) is 0 Å². The van der Waals surface area contributed by atoms with E-state index in [9.17, 15) is 22.4 Å². The summed E-state index contributed by atoms with van der Waals surface area (Å²) in [5.74, 6) is 0.353. The second-order valence-electron chi connectivity index (χ2n) is 8.49. The van der Waals surface area contributed by atoms with E-state index in [1.54, 1.807) is 11.8 Å². The Labute approximate surface area is 199 Å². The van der Waals surface area contributed by atoms with Gasteiger partial charge in [-0.3, -0.25) is 9.78 Å². The molecule has 1 fully saturated rings. The van der Waals surface area contributed by atoms with Crippen molar-refractivity contribution >= 4 is 35.0 Å². The Hall–Kier alpha value is -2.00. The van der Waals surface area contributed by atoms with Crippen molar-refractivity contribution in [2.75, 3.05) is 23.9 Å². The van der Waals surface area contributed by atoms with Gasteiger partial charge in [0, 0.05) is 24.0 Å². The molecule has 0 radical (unpaired) electrons. The molecule has 1 aliphatic heterocycles. The molecule has 10 heteroatoms. The minimum absolute atomic E-state index is 0.145. The lowest BCUT2D eigenvalue weighted by atomic mass is 9.99. The standard InChI is InChI=1S/C23H24ClF4N3OS/c1-31(22(32)13-6-8-33-9-7-13)21(23(26,27)28)20-5-2-14(12-29-20)30-15-10-16-17(11-15)19(25)4-3-18(16)24/h2-5,12-13,15,21,30H,6-11H2,1H3/t15?,21-/m0/s1. The number of amides is 1. The predicted molar refractivity (Wildman–Crippen MR) is 122 cm³/mol. The molecule has 1 aromatic heterocycles. The molecule has 0 spiro atoms. The van der Waals surface area contributed by atoms with Gasteiger partial charge in [0.15, 0.2) is 6.04 Å². The van der Waals surface area contributed by atoms with E-state index >= 15 is 0 Å². The molecule has 0 saturated carbocycles. The van der Waals surface area contributed by atoms with E-state index in [1.165, 1.54) is 37.5 Å². The number of hydrogen-bond acceptors (Lipinski definition) is 4. The average molecular weight is 502 g/mol. The third-order valence-electron chi connectivity index (χ3n) is 6.27. The Morgan fingerprint density at radius 2 is 1.88 bits per heavy atom. The summed E-state index contributed by atoms with van der Waals surface area (Å²) in [5, 5.41) is 3.70. The molecule has 2 heterocycles. The molecule has 1 aliphatic carbocycles. The number of fused-ring (bicyclic) bond motifs is 1. The number of aromatic nitrogens is 1. The summed E-state index contributed by atoms with van der Waals surface area (Å²) in [4.78, 5) is 17.6. The summed E-state index contributed by atoms with van der Waals surface area (Å²) >= 11 is 7.88. The Morgan fingerprint density at radius 3 is 2.48 bits per heavy atom. The van der Waals surface area contributed by atoms with E-state index in [0.717, 1.165) is 22.0 Å². The molecule has 1 unspecified atom stereocenters. The van der Waals surface area contributed by atoms with Crippen molar-refractivity contribution in [2.24, 2.45) is 5.92 Å². The molecule has 1 N–H and O–H groups in total. The molecule has 1 amide bonds. The SMILES string of the molecule is CN(C(=O)C1CCSCC1)[C@@H](c1ccc(NC2Cc3c(F)ccc(Cl)c3C2)cn1)C(F)(F)F. The van der Waals surface area contributed by atoms with Gasteiger partial charge in [-0.2, -0.15) is 24.9 Å². The van der Waals surface area contributed by atoms with Gasteiger partial charge in [-0.1, -0.05) is 11.6 Å². The van der Waals surface area contributed by atoms with Crippen LogP contribution in [0.4, 0.5) is 23.2 Å². The first-order valence-electron chi connectivity index (χ1n) is 10.7. The quantitative estimate of drug-likeness (QED) is 0.537. The number of pyridine rings is 1. The zero-order valence-corrected chi connectivity index (χ0v) is 19.5. The first kappa shape index (κ1) is 24.1. The number of benzene rings is 1. The van der Waals surface area contributed by atoms with Crippen molar-refractivity contribution in [2.45, 2.75) is 43.9 Å². The Kier molecular flexibility index (Phi) is 7.09. The molecule has 2 aromatic rings. The second-order valence-corrected chi connectivity index (χ2v) is 10.1. The third-order valence-corrected chi connectivity index (χ3v) is 7.67. The van der Waals surface area contributed by atoms with Gasteiger partial charge in [-0.25, -0.2) is 4.39 Å². The highest BCUT2D eigenvalue weighted by atomic mass is 35.5. The van der Waals surface area contributed by atoms with Gasteiger partial charge >= 0.3 is 6.18 Å². The maximum absolute atomic E-state index is 14.1. The van der Waals surface area contributed by atoms with Crippen LogP contribution in [0.25, 0.3) is 0 Å². The molecule has 33 heavy (non-hydrogen) atoms. The summed E-state index contributed by atoms with van der Waals surface area (Å²) in [6, 6.07) is 3.40. The molecule has 0 bridgehead atoms. The lowest BCUT2D eigenvalue weighted by Crippen LogP contribution is -2.43. The number of nitrogens with one attached hydrogen (secondary N) is 1. The minimum Gasteiger partial charge on any atom is -0.380 e. The molecular formula is C23H24ClF4N3OS. The van der Waals surface area contributed by atoms with Gasteiger partial charge in [-0.05, 0) is 72.6 Å². The van der Waals surface area contributed by atoms with Crippen molar-refractivity contribution in [3.63, 3.8) is 0 Å². The molecule has 1 aromatic carbocycles. The Balaban J connectivity index is 1.47. The largest absolute Gasteiger partial charge is 0.414 e. The monoisotopic (exact) mass is 501 g/mol. The number of carbonyl (C=O) groups excluding carboxylic acids is 1. The van der Waals surface area contributed by atoms with Gasteiger partial charge in [0.1, 0.15) is 5.82 Å². The summed E-state index contributed by atoms with van der Waals surface area (Å²) in [7, 11) is 1.20. The van der Waals surface area contributed by atoms with Crippen molar-refractivity contribution in [1.29, 1.82) is 0 Å². The van der Waals surface area contributed by atoms with Crippen LogP contribution in [-0.2, 0) is 17.6 Å². The zero-order chi connectivity index (χ0) is 23.8. The number of thioether (sulfide) groups is 1.